The molecule has 0 aromatic rings. The molecule has 0 aliphatic rings. The second-order valence-corrected chi connectivity index (χ2v) is 0.924. The monoisotopic (exact) mass is 83.0 g/mol. The van der Waals surface area contributed by atoms with Gasteiger partial charge in [-0.05, 0) is 6.92 Å². The van der Waals surface area contributed by atoms with Crippen molar-refractivity contribution in [2.24, 2.45) is 0 Å². The van der Waals surface area contributed by atoms with Gasteiger partial charge in [0.15, 0.2) is 0 Å². The Morgan fingerprint density at radius 2 is 2.50 bits per heavy atom. The molecular weight excluding hydrogens is 78.0 g/mol. The van der Waals surface area contributed by atoms with Crippen LogP contribution in [0.1, 0.15) is 6.92 Å². The van der Waals surface area contributed by atoms with Crippen LogP contribution in [0.3, 0.4) is 0 Å². The largest absolute Gasteiger partial charge is 0.515 e. The lowest BCUT2D eigenvalue weighted by Gasteiger charge is -1.70. The Labute approximate surface area is 36.3 Å². The molecule has 0 radical (unpaired) electrons. The predicted molar refractivity (Wildman–Crippen MR) is 22.0 cm³/mol. The lowest BCUT2D eigenvalue weighted by atomic mass is 10.4. The maximum atomic E-state index is 7.95. The topological polar surface area (TPSA) is 44.0 Å². The van der Waals surface area contributed by atoms with Crippen molar-refractivity contribution < 1.29 is 5.11 Å². The summed E-state index contributed by atoms with van der Waals surface area (Å²) in [6, 6.07) is 1.73. The molecule has 0 saturated carbocycles. The maximum absolute atomic E-state index is 7.95. The summed E-state index contributed by atoms with van der Waals surface area (Å²) in [5.41, 5.74) is 0.329. The zero-order valence-corrected chi connectivity index (χ0v) is 3.47. The van der Waals surface area contributed by atoms with Crippen LogP contribution >= 0.6 is 0 Å². The fourth-order valence-electron chi connectivity index (χ4n) is 0.0289. The molecule has 0 saturated heterocycles. The van der Waals surface area contributed by atoms with E-state index in [1.54, 1.807) is 6.07 Å². The SMILES string of the molecule is CC(C#N)=CO. The van der Waals surface area contributed by atoms with Crippen molar-refractivity contribution in [3.8, 4) is 6.07 Å². The molecule has 0 unspecified atom stereocenters. The first-order valence-corrected chi connectivity index (χ1v) is 1.52. The van der Waals surface area contributed by atoms with Gasteiger partial charge in [-0.3, -0.25) is 0 Å². The van der Waals surface area contributed by atoms with Crippen LogP contribution in [-0.4, -0.2) is 5.11 Å². The molecule has 2 nitrogen and oxygen atoms in total. The van der Waals surface area contributed by atoms with Gasteiger partial charge in [-0.1, -0.05) is 0 Å². The molecule has 0 fully saturated rings. The van der Waals surface area contributed by atoms with E-state index in [0.29, 0.717) is 5.57 Å². The highest BCUT2D eigenvalue weighted by Gasteiger charge is 1.73. The minimum absolute atomic E-state index is 0.329. The van der Waals surface area contributed by atoms with E-state index in [2.05, 4.69) is 0 Å². The van der Waals surface area contributed by atoms with Gasteiger partial charge in [-0.2, -0.15) is 5.26 Å². The van der Waals surface area contributed by atoms with Crippen molar-refractivity contribution in [2.45, 2.75) is 6.92 Å². The van der Waals surface area contributed by atoms with Gasteiger partial charge in [0.1, 0.15) is 0 Å². The third kappa shape index (κ3) is 1.36. The molecule has 0 heterocycles. The van der Waals surface area contributed by atoms with E-state index in [1.165, 1.54) is 6.92 Å². The van der Waals surface area contributed by atoms with Crippen molar-refractivity contribution in [3.05, 3.63) is 11.8 Å². The number of nitriles is 1. The van der Waals surface area contributed by atoms with Crippen LogP contribution in [-0.2, 0) is 0 Å². The molecule has 32 valence electrons. The van der Waals surface area contributed by atoms with Crippen LogP contribution in [0.25, 0.3) is 0 Å². The number of hydrogen-bond donors (Lipinski definition) is 1. The van der Waals surface area contributed by atoms with Gasteiger partial charge < -0.3 is 5.11 Å². The van der Waals surface area contributed by atoms with Gasteiger partial charge in [-0.25, -0.2) is 0 Å². The first-order valence-electron chi connectivity index (χ1n) is 1.52. The van der Waals surface area contributed by atoms with Crippen LogP contribution in [0.2, 0.25) is 0 Å². The molecule has 0 aliphatic carbocycles. The van der Waals surface area contributed by atoms with Crippen molar-refractivity contribution in [1.82, 2.24) is 0 Å². The first kappa shape index (κ1) is 5.03. The Balaban J connectivity index is 3.61. The highest BCUT2D eigenvalue weighted by molar-refractivity contribution is 5.13. The number of rotatable bonds is 0. The average Bonchev–Trinajstić information content (AvgIpc) is 1.65. The van der Waals surface area contributed by atoms with Crippen LogP contribution in [0.5, 0.6) is 0 Å². The number of hydrogen-bond acceptors (Lipinski definition) is 2. The Bertz CT molecular complexity index is 98.6. The Morgan fingerprint density at radius 3 is 2.50 bits per heavy atom. The summed E-state index contributed by atoms with van der Waals surface area (Å²) >= 11 is 0. The molecule has 0 rings (SSSR count). The minimum Gasteiger partial charge on any atom is -0.515 e. The molecule has 0 amide bonds. The molecule has 2 heteroatoms. The number of aliphatic hydroxyl groups is 1. The smallest absolute Gasteiger partial charge is 0.0976 e. The summed E-state index contributed by atoms with van der Waals surface area (Å²) in [5.74, 6) is 0. The second kappa shape index (κ2) is 2.28. The molecule has 0 bridgehead atoms. The molecule has 0 spiro atoms. The molecule has 1 N–H and O–H groups in total. The maximum Gasteiger partial charge on any atom is 0.0976 e. The van der Waals surface area contributed by atoms with Crippen LogP contribution in [0.15, 0.2) is 11.8 Å². The van der Waals surface area contributed by atoms with Gasteiger partial charge in [0.2, 0.25) is 0 Å². The van der Waals surface area contributed by atoms with Gasteiger partial charge in [0.25, 0.3) is 0 Å². The summed E-state index contributed by atoms with van der Waals surface area (Å²) in [6.07, 6.45) is 0.778. The summed E-state index contributed by atoms with van der Waals surface area (Å²) in [6.45, 7) is 1.53. The lowest BCUT2D eigenvalue weighted by Crippen LogP contribution is -1.61. The Hall–Kier alpha value is -0.970. The predicted octanol–water partition coefficient (Wildman–Crippen LogP) is 0.972. The summed E-state index contributed by atoms with van der Waals surface area (Å²) in [5, 5.41) is 15.8. The van der Waals surface area contributed by atoms with Crippen LogP contribution < -0.4 is 0 Å². The van der Waals surface area contributed by atoms with E-state index in [1.807, 2.05) is 0 Å². The minimum atomic E-state index is 0.329. The molecule has 0 aromatic carbocycles. The summed E-state index contributed by atoms with van der Waals surface area (Å²) < 4.78 is 0. The van der Waals surface area contributed by atoms with Gasteiger partial charge >= 0.3 is 0 Å². The number of allylic oxidation sites excluding steroid dienone is 1. The summed E-state index contributed by atoms with van der Waals surface area (Å²) in [4.78, 5) is 0. The van der Waals surface area contributed by atoms with Crippen molar-refractivity contribution in [2.75, 3.05) is 0 Å². The third-order valence-electron chi connectivity index (χ3n) is 0.370. The van der Waals surface area contributed by atoms with E-state index >= 15 is 0 Å². The standard InChI is InChI=1S/C4H5NO/c1-4(2-5)3-6/h3,6H,1H3. The molecule has 6 heavy (non-hydrogen) atoms. The summed E-state index contributed by atoms with van der Waals surface area (Å²) in [7, 11) is 0. The van der Waals surface area contributed by atoms with Gasteiger partial charge in [-0.15, -0.1) is 0 Å². The van der Waals surface area contributed by atoms with Crippen LogP contribution in [0, 0.1) is 11.3 Å². The zero-order valence-electron chi connectivity index (χ0n) is 3.47. The number of nitrogens with zero attached hydrogens (tertiary/aromatic N) is 1. The van der Waals surface area contributed by atoms with E-state index < -0.39 is 0 Å². The zero-order chi connectivity index (χ0) is 4.99. The average molecular weight is 83.1 g/mol. The quantitative estimate of drug-likeness (QED) is 0.350. The van der Waals surface area contributed by atoms with E-state index in [-0.39, 0.29) is 0 Å². The fraction of sp³-hybridized carbons (Fsp3) is 0.250. The second-order valence-electron chi connectivity index (χ2n) is 0.924. The van der Waals surface area contributed by atoms with Crippen LogP contribution in [0.4, 0.5) is 0 Å². The van der Waals surface area contributed by atoms with Crippen molar-refractivity contribution in [1.29, 1.82) is 5.26 Å². The Morgan fingerprint density at radius 1 is 2.00 bits per heavy atom. The third-order valence-corrected chi connectivity index (χ3v) is 0.370. The number of aliphatic hydroxyl groups excluding tert-OH is 1. The van der Waals surface area contributed by atoms with Crippen molar-refractivity contribution in [3.63, 3.8) is 0 Å². The highest BCUT2D eigenvalue weighted by atomic mass is 16.2. The Kier molecular flexibility index (Phi) is 1.91. The van der Waals surface area contributed by atoms with Crippen molar-refractivity contribution >= 4 is 0 Å². The van der Waals surface area contributed by atoms with E-state index in [9.17, 15) is 0 Å². The van der Waals surface area contributed by atoms with Gasteiger partial charge in [0.05, 0.1) is 17.9 Å². The van der Waals surface area contributed by atoms with E-state index in [4.69, 9.17) is 10.4 Å². The molecular formula is C4H5NO. The molecule has 0 aromatic heterocycles. The van der Waals surface area contributed by atoms with E-state index in [0.717, 1.165) is 6.26 Å². The normalized spacial score (nSPS) is 10.3. The first-order chi connectivity index (χ1) is 2.81. The van der Waals surface area contributed by atoms with Gasteiger partial charge in [0, 0.05) is 0 Å². The molecule has 0 atom stereocenters. The fourth-order valence-corrected chi connectivity index (χ4v) is 0.0289. The highest BCUT2D eigenvalue weighted by Crippen LogP contribution is 1.81. The molecule has 0 aliphatic heterocycles. The lowest BCUT2D eigenvalue weighted by molar-refractivity contribution is 0.469.